The van der Waals surface area contributed by atoms with Crippen LogP contribution in [0.15, 0.2) is 4.52 Å². The van der Waals surface area contributed by atoms with Gasteiger partial charge in [0.25, 0.3) is 0 Å². The predicted molar refractivity (Wildman–Crippen MR) is 73.2 cm³/mol. The van der Waals surface area contributed by atoms with E-state index in [9.17, 15) is 0 Å². The first-order valence-electron chi connectivity index (χ1n) is 7.66. The van der Waals surface area contributed by atoms with Crippen LogP contribution in [0.5, 0.6) is 0 Å². The number of halogens is 1. The van der Waals surface area contributed by atoms with Gasteiger partial charge in [-0.15, -0.1) is 11.6 Å². The van der Waals surface area contributed by atoms with Crippen molar-refractivity contribution >= 4 is 11.6 Å². The van der Waals surface area contributed by atoms with E-state index in [0.29, 0.717) is 5.88 Å². The third-order valence-corrected chi connectivity index (χ3v) is 5.77. The largest absolute Gasteiger partial charge is 0.339 e. The van der Waals surface area contributed by atoms with Crippen LogP contribution in [0.4, 0.5) is 0 Å². The van der Waals surface area contributed by atoms with Gasteiger partial charge in [-0.3, -0.25) is 0 Å². The number of rotatable bonds is 4. The van der Waals surface area contributed by atoms with E-state index in [1.165, 1.54) is 38.5 Å². The van der Waals surface area contributed by atoms with Crippen LogP contribution in [-0.4, -0.2) is 16.0 Å². The Morgan fingerprint density at radius 1 is 1.11 bits per heavy atom. The first-order valence-corrected chi connectivity index (χ1v) is 8.20. The van der Waals surface area contributed by atoms with E-state index in [0.717, 1.165) is 42.3 Å². The molecule has 1 aromatic rings. The fraction of sp³-hybridized carbons (Fsp3) is 0.867. The molecule has 3 nitrogen and oxygen atoms in total. The molecular formula is C15H21ClN2O. The quantitative estimate of drug-likeness (QED) is 0.789. The summed E-state index contributed by atoms with van der Waals surface area (Å²) >= 11 is 5.72. The molecule has 0 N–H and O–H groups in total. The molecule has 4 fully saturated rings. The molecule has 0 aromatic carbocycles. The molecule has 0 aliphatic heterocycles. The Bertz CT molecular complexity index is 435. The summed E-state index contributed by atoms with van der Waals surface area (Å²) in [5.41, 5.74) is 0.261. The van der Waals surface area contributed by atoms with Crippen LogP contribution < -0.4 is 0 Å². The van der Waals surface area contributed by atoms with E-state index in [-0.39, 0.29) is 5.41 Å². The van der Waals surface area contributed by atoms with Gasteiger partial charge in [-0.1, -0.05) is 5.16 Å². The summed E-state index contributed by atoms with van der Waals surface area (Å²) in [7, 11) is 0. The zero-order chi connectivity index (χ0) is 12.9. The molecule has 5 rings (SSSR count). The van der Waals surface area contributed by atoms with Gasteiger partial charge < -0.3 is 4.52 Å². The molecule has 0 amide bonds. The van der Waals surface area contributed by atoms with Crippen LogP contribution >= 0.6 is 11.6 Å². The summed E-state index contributed by atoms with van der Waals surface area (Å²) < 4.78 is 5.44. The first kappa shape index (κ1) is 12.2. The average Bonchev–Trinajstić information content (AvgIpc) is 2.84. The van der Waals surface area contributed by atoms with E-state index >= 15 is 0 Å². The van der Waals surface area contributed by atoms with E-state index in [1.54, 1.807) is 0 Å². The summed E-state index contributed by atoms with van der Waals surface area (Å²) in [4.78, 5) is 4.70. The summed E-state index contributed by atoms with van der Waals surface area (Å²) in [6, 6.07) is 0. The van der Waals surface area contributed by atoms with Crippen LogP contribution in [0.2, 0.25) is 0 Å². The van der Waals surface area contributed by atoms with Gasteiger partial charge in [0.15, 0.2) is 5.82 Å². The minimum atomic E-state index is 0.261. The molecule has 4 bridgehead atoms. The molecule has 4 aliphatic carbocycles. The monoisotopic (exact) mass is 280 g/mol. The van der Waals surface area contributed by atoms with Crippen LogP contribution in [-0.2, 0) is 11.8 Å². The van der Waals surface area contributed by atoms with Crippen LogP contribution in [0.25, 0.3) is 0 Å². The number of aromatic nitrogens is 2. The molecule has 4 saturated carbocycles. The highest BCUT2D eigenvalue weighted by Crippen LogP contribution is 2.60. The van der Waals surface area contributed by atoms with Gasteiger partial charge in [-0.05, 0) is 62.7 Å². The Morgan fingerprint density at radius 2 is 1.74 bits per heavy atom. The molecule has 0 spiro atoms. The van der Waals surface area contributed by atoms with Crippen molar-refractivity contribution in [2.45, 2.75) is 56.8 Å². The molecule has 1 aromatic heterocycles. The van der Waals surface area contributed by atoms with Gasteiger partial charge in [-0.25, -0.2) is 0 Å². The molecule has 104 valence electrons. The van der Waals surface area contributed by atoms with Gasteiger partial charge >= 0.3 is 0 Å². The Hall–Kier alpha value is -0.570. The van der Waals surface area contributed by atoms with Gasteiger partial charge in [0.2, 0.25) is 5.89 Å². The molecule has 4 heteroatoms. The maximum Gasteiger partial charge on any atom is 0.226 e. The van der Waals surface area contributed by atoms with Crippen molar-refractivity contribution in [3.63, 3.8) is 0 Å². The number of hydrogen-bond donors (Lipinski definition) is 0. The second-order valence-corrected chi connectivity index (χ2v) is 7.38. The summed E-state index contributed by atoms with van der Waals surface area (Å²) in [5.74, 6) is 5.24. The lowest BCUT2D eigenvalue weighted by Gasteiger charge is -2.55. The van der Waals surface area contributed by atoms with E-state index in [2.05, 4.69) is 5.16 Å². The van der Waals surface area contributed by atoms with Crippen molar-refractivity contribution in [1.29, 1.82) is 0 Å². The van der Waals surface area contributed by atoms with Gasteiger partial charge in [0.05, 0.1) is 0 Å². The second kappa shape index (κ2) is 4.47. The fourth-order valence-electron chi connectivity index (χ4n) is 5.17. The minimum absolute atomic E-state index is 0.261. The molecule has 4 aliphatic rings. The molecular weight excluding hydrogens is 260 g/mol. The average molecular weight is 281 g/mol. The van der Waals surface area contributed by atoms with E-state index < -0.39 is 0 Å². The Kier molecular flexibility index (Phi) is 2.87. The van der Waals surface area contributed by atoms with Crippen molar-refractivity contribution in [2.75, 3.05) is 5.88 Å². The summed E-state index contributed by atoms with van der Waals surface area (Å²) in [6.45, 7) is 0. The molecule has 0 saturated heterocycles. The van der Waals surface area contributed by atoms with Crippen molar-refractivity contribution in [2.24, 2.45) is 17.8 Å². The summed E-state index contributed by atoms with van der Waals surface area (Å²) in [6.07, 6.45) is 10.0. The third kappa shape index (κ3) is 2.01. The molecule has 19 heavy (non-hydrogen) atoms. The predicted octanol–water partition coefficient (Wildman–Crippen LogP) is 3.71. The Balaban J connectivity index is 1.59. The SMILES string of the molecule is ClCCCc1nc(C23CC4CC(CC(C4)C2)C3)no1. The lowest BCUT2D eigenvalue weighted by molar-refractivity contribution is -0.0103. The van der Waals surface area contributed by atoms with Crippen LogP contribution in [0, 0.1) is 17.8 Å². The van der Waals surface area contributed by atoms with Crippen molar-refractivity contribution in [3.8, 4) is 0 Å². The highest BCUT2D eigenvalue weighted by atomic mass is 35.5. The van der Waals surface area contributed by atoms with Crippen molar-refractivity contribution in [1.82, 2.24) is 10.1 Å². The lowest BCUT2D eigenvalue weighted by atomic mass is 9.49. The molecule has 1 heterocycles. The van der Waals surface area contributed by atoms with Crippen molar-refractivity contribution < 1.29 is 4.52 Å². The number of aryl methyl sites for hydroxylation is 1. The van der Waals surface area contributed by atoms with Gasteiger partial charge in [0.1, 0.15) is 0 Å². The van der Waals surface area contributed by atoms with Crippen LogP contribution in [0.3, 0.4) is 0 Å². The highest BCUT2D eigenvalue weighted by Gasteiger charge is 2.53. The number of alkyl halides is 1. The zero-order valence-electron chi connectivity index (χ0n) is 11.3. The third-order valence-electron chi connectivity index (χ3n) is 5.50. The zero-order valence-corrected chi connectivity index (χ0v) is 12.0. The maximum atomic E-state index is 5.72. The highest BCUT2D eigenvalue weighted by molar-refractivity contribution is 6.17. The Labute approximate surface area is 119 Å². The molecule has 0 radical (unpaired) electrons. The molecule has 0 unspecified atom stereocenters. The maximum absolute atomic E-state index is 5.72. The van der Waals surface area contributed by atoms with Gasteiger partial charge in [-0.2, -0.15) is 4.98 Å². The Morgan fingerprint density at radius 3 is 2.32 bits per heavy atom. The topological polar surface area (TPSA) is 38.9 Å². The number of hydrogen-bond acceptors (Lipinski definition) is 3. The normalized spacial score (nSPS) is 39.9. The lowest BCUT2D eigenvalue weighted by Crippen LogP contribution is -2.49. The second-order valence-electron chi connectivity index (χ2n) is 7.00. The number of nitrogens with zero attached hydrogens (tertiary/aromatic N) is 2. The van der Waals surface area contributed by atoms with E-state index in [1.807, 2.05) is 0 Å². The fourth-order valence-corrected chi connectivity index (χ4v) is 5.31. The molecule has 0 atom stereocenters. The minimum Gasteiger partial charge on any atom is -0.339 e. The van der Waals surface area contributed by atoms with Crippen molar-refractivity contribution in [3.05, 3.63) is 11.7 Å². The van der Waals surface area contributed by atoms with E-state index in [4.69, 9.17) is 21.1 Å². The van der Waals surface area contributed by atoms with Gasteiger partial charge in [0, 0.05) is 17.7 Å². The smallest absolute Gasteiger partial charge is 0.226 e. The van der Waals surface area contributed by atoms with Crippen LogP contribution in [0.1, 0.15) is 56.7 Å². The standard InChI is InChI=1S/C15H21ClN2O/c16-3-1-2-13-17-14(18-19-13)15-7-10-4-11(8-15)6-12(5-10)9-15/h10-12H,1-9H2. The summed E-state index contributed by atoms with van der Waals surface area (Å²) in [5, 5.41) is 4.33. The first-order chi connectivity index (χ1) is 9.27.